The van der Waals surface area contributed by atoms with E-state index in [0.29, 0.717) is 12.1 Å². The van der Waals surface area contributed by atoms with Gasteiger partial charge < -0.3 is 5.32 Å². The highest BCUT2D eigenvalue weighted by molar-refractivity contribution is 7.89. The van der Waals surface area contributed by atoms with E-state index in [2.05, 4.69) is 5.32 Å². The molecule has 2 aromatic rings. The minimum Gasteiger partial charge on any atom is -0.350 e. The zero-order valence-electron chi connectivity index (χ0n) is 14.8. The van der Waals surface area contributed by atoms with Gasteiger partial charge in [-0.3, -0.25) is 4.79 Å². The van der Waals surface area contributed by atoms with Crippen LogP contribution in [0.5, 0.6) is 0 Å². The molecule has 5 nitrogen and oxygen atoms in total. The van der Waals surface area contributed by atoms with Crippen molar-refractivity contribution in [1.29, 1.82) is 0 Å². The molecule has 0 heterocycles. The van der Waals surface area contributed by atoms with Gasteiger partial charge in [-0.2, -0.15) is 4.31 Å². The second kappa shape index (κ2) is 8.27. The van der Waals surface area contributed by atoms with E-state index < -0.39 is 10.0 Å². The van der Waals surface area contributed by atoms with Crippen LogP contribution in [0.1, 0.15) is 36.7 Å². The van der Waals surface area contributed by atoms with Gasteiger partial charge in [0.15, 0.2) is 0 Å². The monoisotopic (exact) mass is 360 g/mol. The van der Waals surface area contributed by atoms with Crippen LogP contribution in [0, 0.1) is 0 Å². The van der Waals surface area contributed by atoms with Crippen LogP contribution in [0.15, 0.2) is 59.5 Å². The average molecular weight is 360 g/mol. The first-order valence-electron chi connectivity index (χ1n) is 8.29. The molecular weight excluding hydrogens is 336 g/mol. The van der Waals surface area contributed by atoms with Crippen LogP contribution < -0.4 is 5.32 Å². The number of rotatable bonds is 7. The van der Waals surface area contributed by atoms with Gasteiger partial charge in [0.1, 0.15) is 0 Å². The summed E-state index contributed by atoms with van der Waals surface area (Å²) in [6, 6.07) is 15.5. The molecule has 2 rings (SSSR count). The van der Waals surface area contributed by atoms with E-state index in [0.717, 1.165) is 5.56 Å². The largest absolute Gasteiger partial charge is 0.350 e. The van der Waals surface area contributed by atoms with Crippen LogP contribution in [0.4, 0.5) is 0 Å². The van der Waals surface area contributed by atoms with E-state index in [1.54, 1.807) is 54.6 Å². The van der Waals surface area contributed by atoms with E-state index in [-0.39, 0.29) is 23.4 Å². The van der Waals surface area contributed by atoms with Crippen LogP contribution in [0.2, 0.25) is 0 Å². The van der Waals surface area contributed by atoms with Gasteiger partial charge in [-0.15, -0.1) is 0 Å². The maximum absolute atomic E-state index is 12.7. The van der Waals surface area contributed by atoms with Crippen molar-refractivity contribution in [1.82, 2.24) is 9.62 Å². The minimum atomic E-state index is -3.54. The van der Waals surface area contributed by atoms with E-state index in [1.807, 2.05) is 20.8 Å². The molecule has 0 unspecified atom stereocenters. The van der Waals surface area contributed by atoms with E-state index in [4.69, 9.17) is 0 Å². The number of carbonyl (C=O) groups is 1. The summed E-state index contributed by atoms with van der Waals surface area (Å²) in [5.74, 6) is -0.134. The van der Waals surface area contributed by atoms with Gasteiger partial charge in [-0.05, 0) is 43.7 Å². The Kier molecular flexibility index (Phi) is 6.33. The van der Waals surface area contributed by atoms with Crippen molar-refractivity contribution in [2.45, 2.75) is 38.3 Å². The van der Waals surface area contributed by atoms with Crippen LogP contribution in [-0.4, -0.2) is 31.2 Å². The molecule has 0 bridgehead atoms. The third-order valence-electron chi connectivity index (χ3n) is 3.73. The molecule has 6 heteroatoms. The molecule has 1 N–H and O–H groups in total. The van der Waals surface area contributed by atoms with Gasteiger partial charge in [0, 0.05) is 24.7 Å². The number of hydrogen-bond donors (Lipinski definition) is 1. The van der Waals surface area contributed by atoms with Crippen molar-refractivity contribution in [2.24, 2.45) is 0 Å². The van der Waals surface area contributed by atoms with Gasteiger partial charge in [-0.25, -0.2) is 8.42 Å². The normalized spacial score (nSPS) is 11.7. The first-order valence-corrected chi connectivity index (χ1v) is 9.73. The second-order valence-electron chi connectivity index (χ2n) is 6.07. The van der Waals surface area contributed by atoms with Crippen molar-refractivity contribution in [2.75, 3.05) is 6.54 Å². The first-order chi connectivity index (χ1) is 11.8. The lowest BCUT2D eigenvalue weighted by molar-refractivity contribution is 0.0943. The zero-order valence-corrected chi connectivity index (χ0v) is 15.6. The number of carbonyl (C=O) groups excluding carboxylic acids is 1. The molecule has 0 saturated carbocycles. The van der Waals surface area contributed by atoms with Gasteiger partial charge in [0.25, 0.3) is 5.91 Å². The Bertz CT molecular complexity index is 800. The Morgan fingerprint density at radius 1 is 1.04 bits per heavy atom. The molecule has 0 aliphatic rings. The van der Waals surface area contributed by atoms with Crippen LogP contribution in [-0.2, 0) is 16.6 Å². The molecule has 25 heavy (non-hydrogen) atoms. The molecule has 0 radical (unpaired) electrons. The number of hydrogen-bond acceptors (Lipinski definition) is 3. The molecule has 0 spiro atoms. The summed E-state index contributed by atoms with van der Waals surface area (Å²) in [4.78, 5) is 12.3. The van der Waals surface area contributed by atoms with Gasteiger partial charge in [0.2, 0.25) is 10.0 Å². The Balaban J connectivity index is 2.15. The predicted molar refractivity (Wildman–Crippen MR) is 98.8 cm³/mol. The Morgan fingerprint density at radius 2 is 1.64 bits per heavy atom. The summed E-state index contributed by atoms with van der Waals surface area (Å²) in [5.41, 5.74) is 1.40. The Hall–Kier alpha value is -2.18. The highest BCUT2D eigenvalue weighted by Crippen LogP contribution is 2.18. The minimum absolute atomic E-state index is 0.0683. The number of nitrogens with one attached hydrogen (secondary N) is 1. The fourth-order valence-electron chi connectivity index (χ4n) is 2.42. The zero-order chi connectivity index (χ0) is 18.4. The molecule has 1 amide bonds. The van der Waals surface area contributed by atoms with E-state index in [9.17, 15) is 13.2 Å². The third-order valence-corrected chi connectivity index (χ3v) is 5.66. The predicted octanol–water partition coefficient (Wildman–Crippen LogP) is 3.04. The lowest BCUT2D eigenvalue weighted by Crippen LogP contribution is -2.31. The van der Waals surface area contributed by atoms with Crippen molar-refractivity contribution in [3.63, 3.8) is 0 Å². The van der Waals surface area contributed by atoms with Gasteiger partial charge in [0.05, 0.1) is 4.90 Å². The highest BCUT2D eigenvalue weighted by Gasteiger charge is 2.22. The fraction of sp³-hybridized carbons (Fsp3) is 0.316. The number of benzene rings is 2. The molecule has 0 aliphatic carbocycles. The van der Waals surface area contributed by atoms with Gasteiger partial charge >= 0.3 is 0 Å². The summed E-state index contributed by atoms with van der Waals surface area (Å²) < 4.78 is 26.9. The maximum Gasteiger partial charge on any atom is 0.251 e. The average Bonchev–Trinajstić information content (AvgIpc) is 2.60. The fourth-order valence-corrected chi connectivity index (χ4v) is 3.88. The summed E-state index contributed by atoms with van der Waals surface area (Å²) in [6.07, 6.45) is 0. The van der Waals surface area contributed by atoms with Crippen molar-refractivity contribution in [3.8, 4) is 0 Å². The standard InChI is InChI=1S/C19H24N2O3S/c1-4-21(25(23,24)18-8-6-5-7-9-18)14-16-10-12-17(13-11-16)19(22)20-15(2)3/h5-13,15H,4,14H2,1-3H3,(H,20,22). The molecule has 0 aliphatic heterocycles. The third kappa shape index (κ3) is 4.90. The molecule has 2 aromatic carbocycles. The number of nitrogens with zero attached hydrogens (tertiary/aromatic N) is 1. The Morgan fingerprint density at radius 3 is 2.16 bits per heavy atom. The van der Waals surface area contributed by atoms with Crippen molar-refractivity contribution < 1.29 is 13.2 Å². The topological polar surface area (TPSA) is 66.5 Å². The highest BCUT2D eigenvalue weighted by atomic mass is 32.2. The summed E-state index contributed by atoms with van der Waals surface area (Å²) >= 11 is 0. The quantitative estimate of drug-likeness (QED) is 0.825. The van der Waals surface area contributed by atoms with E-state index >= 15 is 0 Å². The molecule has 0 atom stereocenters. The summed E-state index contributed by atoms with van der Waals surface area (Å²) in [5, 5.41) is 2.83. The summed E-state index contributed by atoms with van der Waals surface area (Å²) in [6.45, 7) is 6.25. The first kappa shape index (κ1) is 19.1. The lowest BCUT2D eigenvalue weighted by atomic mass is 10.1. The smallest absolute Gasteiger partial charge is 0.251 e. The van der Waals surface area contributed by atoms with Crippen molar-refractivity contribution in [3.05, 3.63) is 65.7 Å². The van der Waals surface area contributed by atoms with Gasteiger partial charge in [-0.1, -0.05) is 37.3 Å². The maximum atomic E-state index is 12.7. The SMILES string of the molecule is CCN(Cc1ccc(C(=O)NC(C)C)cc1)S(=O)(=O)c1ccccc1. The van der Waals surface area contributed by atoms with Crippen LogP contribution in [0.3, 0.4) is 0 Å². The van der Waals surface area contributed by atoms with Crippen LogP contribution >= 0.6 is 0 Å². The van der Waals surface area contributed by atoms with E-state index in [1.165, 1.54) is 4.31 Å². The molecule has 0 saturated heterocycles. The molecule has 0 fully saturated rings. The van der Waals surface area contributed by atoms with Crippen molar-refractivity contribution >= 4 is 15.9 Å². The summed E-state index contributed by atoms with van der Waals surface area (Å²) in [7, 11) is -3.54. The number of amides is 1. The number of sulfonamides is 1. The molecule has 0 aromatic heterocycles. The second-order valence-corrected chi connectivity index (χ2v) is 8.01. The lowest BCUT2D eigenvalue weighted by Gasteiger charge is -2.20. The Labute approximate surface area is 149 Å². The van der Waals surface area contributed by atoms with Crippen LogP contribution in [0.25, 0.3) is 0 Å². The molecular formula is C19H24N2O3S. The molecule has 134 valence electrons.